The van der Waals surface area contributed by atoms with Crippen molar-refractivity contribution in [2.45, 2.75) is 26.0 Å². The van der Waals surface area contributed by atoms with Crippen LogP contribution in [0.5, 0.6) is 0 Å². The highest BCUT2D eigenvalue weighted by Gasteiger charge is 2.10. The van der Waals surface area contributed by atoms with Crippen LogP contribution >= 0.6 is 0 Å². The first kappa shape index (κ1) is 8.97. The van der Waals surface area contributed by atoms with E-state index in [1.807, 2.05) is 0 Å². The third kappa shape index (κ3) is 3.70. The van der Waals surface area contributed by atoms with Crippen molar-refractivity contribution in [3.8, 4) is 0 Å². The molecule has 11 heavy (non-hydrogen) atoms. The summed E-state index contributed by atoms with van der Waals surface area (Å²) in [5.74, 6) is 0. The van der Waals surface area contributed by atoms with Crippen molar-refractivity contribution < 1.29 is 5.11 Å². The first-order valence-corrected chi connectivity index (χ1v) is 4.43. The van der Waals surface area contributed by atoms with Crippen molar-refractivity contribution in [1.82, 2.24) is 10.2 Å². The molecule has 0 spiro atoms. The maximum Gasteiger partial charge on any atom is 0.102 e. The number of likely N-dealkylation sites (tertiary alicyclic amines) is 1. The van der Waals surface area contributed by atoms with Crippen LogP contribution in [0.25, 0.3) is 0 Å². The molecule has 0 aromatic rings. The van der Waals surface area contributed by atoms with Crippen LogP contribution in [0.1, 0.15) is 19.8 Å². The zero-order valence-corrected chi connectivity index (χ0v) is 7.21. The molecule has 2 N–H and O–H groups in total. The number of nitrogens with one attached hydrogen (secondary N) is 1. The van der Waals surface area contributed by atoms with Crippen molar-refractivity contribution in [2.24, 2.45) is 0 Å². The van der Waals surface area contributed by atoms with E-state index < -0.39 is 0 Å². The largest absolute Gasteiger partial charge is 0.379 e. The summed E-state index contributed by atoms with van der Waals surface area (Å²) in [6.45, 7) is 6.20. The fourth-order valence-electron chi connectivity index (χ4n) is 1.44. The summed E-state index contributed by atoms with van der Waals surface area (Å²) in [6, 6.07) is 0. The van der Waals surface area contributed by atoms with Gasteiger partial charge in [-0.1, -0.05) is 0 Å². The minimum Gasteiger partial charge on any atom is -0.379 e. The van der Waals surface area contributed by atoms with E-state index in [1.54, 1.807) is 6.92 Å². The number of nitrogens with zero attached hydrogens (tertiary/aromatic N) is 1. The minimum atomic E-state index is -0.363. The van der Waals surface area contributed by atoms with Gasteiger partial charge in [0, 0.05) is 13.1 Å². The summed E-state index contributed by atoms with van der Waals surface area (Å²) >= 11 is 0. The summed E-state index contributed by atoms with van der Waals surface area (Å²) in [7, 11) is 0. The molecule has 1 atom stereocenters. The number of aliphatic hydroxyl groups is 1. The Balaban J connectivity index is 1.94. The fourth-order valence-corrected chi connectivity index (χ4v) is 1.44. The van der Waals surface area contributed by atoms with Crippen LogP contribution in [0.2, 0.25) is 0 Å². The van der Waals surface area contributed by atoms with E-state index in [0.717, 1.165) is 13.1 Å². The molecule has 0 radical (unpaired) electrons. The molecule has 1 rings (SSSR count). The molecule has 0 aliphatic carbocycles. The monoisotopic (exact) mass is 158 g/mol. The molecule has 0 amide bonds. The predicted molar refractivity (Wildman–Crippen MR) is 45.4 cm³/mol. The summed E-state index contributed by atoms with van der Waals surface area (Å²) in [5, 5.41) is 11.9. The Kier molecular flexibility index (Phi) is 3.83. The van der Waals surface area contributed by atoms with Gasteiger partial charge in [-0.15, -0.1) is 0 Å². The minimum absolute atomic E-state index is 0.363. The second-order valence-corrected chi connectivity index (χ2v) is 3.18. The Morgan fingerprint density at radius 1 is 1.45 bits per heavy atom. The van der Waals surface area contributed by atoms with E-state index >= 15 is 0 Å². The van der Waals surface area contributed by atoms with E-state index in [9.17, 15) is 0 Å². The summed E-state index contributed by atoms with van der Waals surface area (Å²) < 4.78 is 0. The lowest BCUT2D eigenvalue weighted by Crippen LogP contribution is -2.34. The molecular formula is C8H18N2O. The Morgan fingerprint density at radius 2 is 2.09 bits per heavy atom. The topological polar surface area (TPSA) is 35.5 Å². The van der Waals surface area contributed by atoms with Crippen LogP contribution in [-0.4, -0.2) is 42.4 Å². The van der Waals surface area contributed by atoms with Gasteiger partial charge in [0.1, 0.15) is 6.23 Å². The van der Waals surface area contributed by atoms with Gasteiger partial charge in [-0.25, -0.2) is 0 Å². The number of rotatable bonds is 4. The maximum atomic E-state index is 8.90. The van der Waals surface area contributed by atoms with E-state index in [4.69, 9.17) is 5.11 Å². The number of hydrogen-bond donors (Lipinski definition) is 2. The Labute approximate surface area is 68.4 Å². The molecule has 3 heteroatoms. The van der Waals surface area contributed by atoms with Gasteiger partial charge in [0.05, 0.1) is 0 Å². The predicted octanol–water partition coefficient (Wildman–Crippen LogP) is 0.0101. The van der Waals surface area contributed by atoms with E-state index in [1.165, 1.54) is 25.9 Å². The lowest BCUT2D eigenvalue weighted by atomic mass is 10.4. The molecule has 1 aliphatic rings. The molecule has 0 saturated carbocycles. The molecule has 1 unspecified atom stereocenters. The van der Waals surface area contributed by atoms with Crippen LogP contribution in [0.4, 0.5) is 0 Å². The first-order chi connectivity index (χ1) is 5.29. The summed E-state index contributed by atoms with van der Waals surface area (Å²) in [6.07, 6.45) is 2.32. The van der Waals surface area contributed by atoms with Crippen LogP contribution in [0.15, 0.2) is 0 Å². The molecule has 0 bridgehead atoms. The van der Waals surface area contributed by atoms with Crippen LogP contribution < -0.4 is 5.32 Å². The summed E-state index contributed by atoms with van der Waals surface area (Å²) in [5.41, 5.74) is 0. The molecule has 1 fully saturated rings. The van der Waals surface area contributed by atoms with Gasteiger partial charge < -0.3 is 10.0 Å². The maximum absolute atomic E-state index is 8.90. The van der Waals surface area contributed by atoms with Gasteiger partial charge in [-0.2, -0.15) is 0 Å². The van der Waals surface area contributed by atoms with Gasteiger partial charge in [-0.05, 0) is 32.9 Å². The molecule has 0 aromatic heterocycles. The highest BCUT2D eigenvalue weighted by Crippen LogP contribution is 2.05. The van der Waals surface area contributed by atoms with E-state index in [-0.39, 0.29) is 6.23 Å². The molecule has 1 aliphatic heterocycles. The molecular weight excluding hydrogens is 140 g/mol. The van der Waals surface area contributed by atoms with Crippen molar-refractivity contribution in [2.75, 3.05) is 26.2 Å². The highest BCUT2D eigenvalue weighted by atomic mass is 16.3. The smallest absolute Gasteiger partial charge is 0.102 e. The average Bonchev–Trinajstić information content (AvgIpc) is 2.39. The molecule has 0 aromatic carbocycles. The fraction of sp³-hybridized carbons (Fsp3) is 1.00. The lowest BCUT2D eigenvalue weighted by molar-refractivity contribution is 0.151. The van der Waals surface area contributed by atoms with Gasteiger partial charge in [0.25, 0.3) is 0 Å². The highest BCUT2D eigenvalue weighted by molar-refractivity contribution is 4.66. The number of hydrogen-bond acceptors (Lipinski definition) is 3. The van der Waals surface area contributed by atoms with Crippen LogP contribution in [0, 0.1) is 0 Å². The normalized spacial score (nSPS) is 22.4. The zero-order chi connectivity index (χ0) is 8.10. The SMILES string of the molecule is CC(O)NCCN1CCCC1. The van der Waals surface area contributed by atoms with Crippen LogP contribution in [0.3, 0.4) is 0 Å². The average molecular weight is 158 g/mol. The quantitative estimate of drug-likeness (QED) is 0.566. The van der Waals surface area contributed by atoms with Crippen molar-refractivity contribution in [1.29, 1.82) is 0 Å². The first-order valence-electron chi connectivity index (χ1n) is 4.43. The second-order valence-electron chi connectivity index (χ2n) is 3.18. The van der Waals surface area contributed by atoms with Crippen molar-refractivity contribution in [3.05, 3.63) is 0 Å². The van der Waals surface area contributed by atoms with Crippen molar-refractivity contribution >= 4 is 0 Å². The van der Waals surface area contributed by atoms with E-state index in [0.29, 0.717) is 0 Å². The second kappa shape index (κ2) is 4.70. The van der Waals surface area contributed by atoms with Gasteiger partial charge in [0.2, 0.25) is 0 Å². The molecule has 66 valence electrons. The van der Waals surface area contributed by atoms with Crippen LogP contribution in [-0.2, 0) is 0 Å². The lowest BCUT2D eigenvalue weighted by Gasteiger charge is -2.15. The summed E-state index contributed by atoms with van der Waals surface area (Å²) in [4.78, 5) is 2.43. The van der Waals surface area contributed by atoms with E-state index in [2.05, 4.69) is 10.2 Å². The van der Waals surface area contributed by atoms with Gasteiger partial charge in [-0.3, -0.25) is 5.32 Å². The molecule has 1 heterocycles. The standard InChI is InChI=1S/C8H18N2O/c1-8(11)9-4-7-10-5-2-3-6-10/h8-9,11H,2-7H2,1H3. The third-order valence-corrected chi connectivity index (χ3v) is 2.07. The Bertz CT molecular complexity index is 100. The van der Waals surface area contributed by atoms with Crippen molar-refractivity contribution in [3.63, 3.8) is 0 Å². The van der Waals surface area contributed by atoms with Gasteiger partial charge >= 0.3 is 0 Å². The Morgan fingerprint density at radius 3 is 2.64 bits per heavy atom. The molecule has 1 saturated heterocycles. The Hall–Kier alpha value is -0.120. The zero-order valence-electron chi connectivity index (χ0n) is 7.21. The number of aliphatic hydroxyl groups excluding tert-OH is 1. The van der Waals surface area contributed by atoms with Gasteiger partial charge in [0.15, 0.2) is 0 Å². The molecule has 3 nitrogen and oxygen atoms in total. The third-order valence-electron chi connectivity index (χ3n) is 2.07.